The van der Waals surface area contributed by atoms with Crippen LogP contribution in [-0.4, -0.2) is 9.97 Å². The molecular weight excluding hydrogens is 210 g/mol. The normalized spacial score (nSPS) is 9.87. The van der Waals surface area contributed by atoms with E-state index in [1.54, 1.807) is 18.5 Å². The summed E-state index contributed by atoms with van der Waals surface area (Å²) in [6.07, 6.45) is 3.19. The first-order valence-electron chi connectivity index (χ1n) is 4.24. The molecule has 2 rings (SSSR count). The Morgan fingerprint density at radius 1 is 1.47 bits per heavy atom. The lowest BCUT2D eigenvalue weighted by Crippen LogP contribution is -1.88. The van der Waals surface area contributed by atoms with Crippen LogP contribution >= 0.6 is 11.8 Å². The van der Waals surface area contributed by atoms with Gasteiger partial charge in [-0.1, -0.05) is 0 Å². The quantitative estimate of drug-likeness (QED) is 0.723. The fourth-order valence-electron chi connectivity index (χ4n) is 1.03. The molecule has 0 spiro atoms. The van der Waals surface area contributed by atoms with Crippen LogP contribution in [0.15, 0.2) is 39.1 Å². The molecule has 0 N–H and O–H groups in total. The molecule has 0 saturated carbocycles. The SMILES string of the molecule is Cc1occc1Sc1nccc(C#N)n1. The van der Waals surface area contributed by atoms with Gasteiger partial charge < -0.3 is 4.42 Å². The molecule has 2 aromatic heterocycles. The van der Waals surface area contributed by atoms with E-state index in [1.165, 1.54) is 11.8 Å². The lowest BCUT2D eigenvalue weighted by Gasteiger charge is -1.97. The number of rotatable bonds is 2. The van der Waals surface area contributed by atoms with Crippen molar-refractivity contribution in [1.29, 1.82) is 5.26 Å². The Balaban J connectivity index is 2.25. The third-order valence-electron chi connectivity index (χ3n) is 1.76. The van der Waals surface area contributed by atoms with E-state index < -0.39 is 0 Å². The van der Waals surface area contributed by atoms with Crippen molar-refractivity contribution >= 4 is 11.8 Å². The van der Waals surface area contributed by atoms with Crippen LogP contribution in [0.25, 0.3) is 0 Å². The molecule has 0 amide bonds. The van der Waals surface area contributed by atoms with Crippen LogP contribution in [0.2, 0.25) is 0 Å². The average Bonchev–Trinajstić information content (AvgIpc) is 2.65. The molecular formula is C10H7N3OS. The molecule has 0 saturated heterocycles. The average molecular weight is 217 g/mol. The molecule has 0 atom stereocenters. The number of nitriles is 1. The van der Waals surface area contributed by atoms with Crippen LogP contribution in [0.1, 0.15) is 11.5 Å². The maximum absolute atomic E-state index is 8.67. The highest BCUT2D eigenvalue weighted by Crippen LogP contribution is 2.27. The maximum Gasteiger partial charge on any atom is 0.193 e. The summed E-state index contributed by atoms with van der Waals surface area (Å²) in [4.78, 5) is 9.08. The van der Waals surface area contributed by atoms with Crippen LogP contribution in [0.5, 0.6) is 0 Å². The minimum absolute atomic E-state index is 0.369. The number of hydrogen-bond acceptors (Lipinski definition) is 5. The molecule has 74 valence electrons. The van der Waals surface area contributed by atoms with E-state index in [-0.39, 0.29) is 0 Å². The summed E-state index contributed by atoms with van der Waals surface area (Å²) in [5.41, 5.74) is 0.369. The zero-order valence-electron chi connectivity index (χ0n) is 7.97. The van der Waals surface area contributed by atoms with Crippen LogP contribution in [0.4, 0.5) is 0 Å². The highest BCUT2D eigenvalue weighted by molar-refractivity contribution is 7.99. The first-order valence-corrected chi connectivity index (χ1v) is 5.06. The van der Waals surface area contributed by atoms with Gasteiger partial charge in [0.2, 0.25) is 0 Å². The van der Waals surface area contributed by atoms with Crippen molar-refractivity contribution in [2.45, 2.75) is 17.0 Å². The molecule has 2 aromatic rings. The summed E-state index contributed by atoms with van der Waals surface area (Å²) in [5.74, 6) is 0.825. The fourth-order valence-corrected chi connectivity index (χ4v) is 1.80. The third-order valence-corrected chi connectivity index (χ3v) is 2.78. The highest BCUT2D eigenvalue weighted by atomic mass is 32.2. The van der Waals surface area contributed by atoms with Crippen molar-refractivity contribution in [2.24, 2.45) is 0 Å². The van der Waals surface area contributed by atoms with Crippen LogP contribution in [0, 0.1) is 18.3 Å². The van der Waals surface area contributed by atoms with Gasteiger partial charge in [0.25, 0.3) is 0 Å². The Hall–Kier alpha value is -1.80. The number of furan rings is 1. The second-order valence-electron chi connectivity index (χ2n) is 2.78. The van der Waals surface area contributed by atoms with Crippen molar-refractivity contribution in [3.05, 3.63) is 36.0 Å². The second kappa shape index (κ2) is 4.15. The van der Waals surface area contributed by atoms with Crippen LogP contribution in [-0.2, 0) is 0 Å². The van der Waals surface area contributed by atoms with E-state index >= 15 is 0 Å². The summed E-state index contributed by atoms with van der Waals surface area (Å²) in [6, 6.07) is 5.40. The zero-order chi connectivity index (χ0) is 10.7. The molecule has 0 aliphatic heterocycles. The summed E-state index contributed by atoms with van der Waals surface area (Å²) in [6.45, 7) is 1.87. The predicted molar refractivity (Wildman–Crippen MR) is 54.3 cm³/mol. The summed E-state index contributed by atoms with van der Waals surface area (Å²) >= 11 is 1.38. The van der Waals surface area contributed by atoms with Gasteiger partial charge in [-0.25, -0.2) is 9.97 Å². The van der Waals surface area contributed by atoms with E-state index in [2.05, 4.69) is 9.97 Å². The summed E-state index contributed by atoms with van der Waals surface area (Å²) in [5, 5.41) is 9.23. The number of hydrogen-bond donors (Lipinski definition) is 0. The highest BCUT2D eigenvalue weighted by Gasteiger charge is 2.06. The summed E-state index contributed by atoms with van der Waals surface area (Å²) < 4.78 is 5.15. The number of aryl methyl sites for hydroxylation is 1. The van der Waals surface area contributed by atoms with E-state index in [0.29, 0.717) is 10.9 Å². The van der Waals surface area contributed by atoms with Gasteiger partial charge in [0.1, 0.15) is 17.5 Å². The Morgan fingerprint density at radius 2 is 2.33 bits per heavy atom. The molecule has 0 bridgehead atoms. The Morgan fingerprint density at radius 3 is 3.00 bits per heavy atom. The van der Waals surface area contributed by atoms with Gasteiger partial charge in [0.05, 0.1) is 11.2 Å². The standard InChI is InChI=1S/C10H7N3OS/c1-7-9(3-5-14-7)15-10-12-4-2-8(6-11)13-10/h2-5H,1H3. The first kappa shape index (κ1) is 9.74. The van der Waals surface area contributed by atoms with Crippen LogP contribution < -0.4 is 0 Å². The molecule has 0 aromatic carbocycles. The maximum atomic E-state index is 8.67. The van der Waals surface area contributed by atoms with Gasteiger partial charge in [-0.05, 0) is 30.8 Å². The van der Waals surface area contributed by atoms with Crippen molar-refractivity contribution in [2.75, 3.05) is 0 Å². The Bertz CT molecular complexity index is 515. The van der Waals surface area contributed by atoms with E-state index in [9.17, 15) is 0 Å². The topological polar surface area (TPSA) is 62.7 Å². The van der Waals surface area contributed by atoms with E-state index in [1.807, 2.05) is 19.1 Å². The zero-order valence-corrected chi connectivity index (χ0v) is 8.78. The molecule has 0 radical (unpaired) electrons. The molecule has 0 aliphatic carbocycles. The summed E-state index contributed by atoms with van der Waals surface area (Å²) in [7, 11) is 0. The number of nitrogens with zero attached hydrogens (tertiary/aromatic N) is 3. The van der Waals surface area contributed by atoms with Gasteiger partial charge in [-0.3, -0.25) is 0 Å². The third kappa shape index (κ3) is 2.17. The second-order valence-corrected chi connectivity index (χ2v) is 3.79. The molecule has 15 heavy (non-hydrogen) atoms. The predicted octanol–water partition coefficient (Wildman–Crippen LogP) is 2.40. The molecule has 2 heterocycles. The largest absolute Gasteiger partial charge is 0.468 e. The molecule has 4 nitrogen and oxygen atoms in total. The van der Waals surface area contributed by atoms with Gasteiger partial charge in [0.15, 0.2) is 5.16 Å². The lowest BCUT2D eigenvalue weighted by atomic mass is 10.5. The number of aromatic nitrogens is 2. The van der Waals surface area contributed by atoms with Gasteiger partial charge in [-0.2, -0.15) is 5.26 Å². The first-order chi connectivity index (χ1) is 7.29. The molecule has 0 unspecified atom stereocenters. The van der Waals surface area contributed by atoms with Crippen molar-refractivity contribution in [3.8, 4) is 6.07 Å². The fraction of sp³-hybridized carbons (Fsp3) is 0.100. The van der Waals surface area contributed by atoms with Gasteiger partial charge >= 0.3 is 0 Å². The van der Waals surface area contributed by atoms with Crippen LogP contribution in [0.3, 0.4) is 0 Å². The van der Waals surface area contributed by atoms with E-state index in [0.717, 1.165) is 10.7 Å². The molecule has 0 fully saturated rings. The van der Waals surface area contributed by atoms with Crippen molar-refractivity contribution in [1.82, 2.24) is 9.97 Å². The smallest absolute Gasteiger partial charge is 0.193 e. The van der Waals surface area contributed by atoms with E-state index in [4.69, 9.17) is 9.68 Å². The molecule has 5 heteroatoms. The Labute approximate surface area is 91.0 Å². The minimum atomic E-state index is 0.369. The monoisotopic (exact) mass is 217 g/mol. The van der Waals surface area contributed by atoms with Gasteiger partial charge in [-0.15, -0.1) is 0 Å². The van der Waals surface area contributed by atoms with Crippen molar-refractivity contribution in [3.63, 3.8) is 0 Å². The Kier molecular flexibility index (Phi) is 2.70. The van der Waals surface area contributed by atoms with Gasteiger partial charge in [0, 0.05) is 6.20 Å². The minimum Gasteiger partial charge on any atom is -0.468 e. The van der Waals surface area contributed by atoms with Crippen molar-refractivity contribution < 1.29 is 4.42 Å². The lowest BCUT2D eigenvalue weighted by molar-refractivity contribution is 0.527. The molecule has 0 aliphatic rings.